The fourth-order valence-corrected chi connectivity index (χ4v) is 3.37. The van der Waals surface area contributed by atoms with Gasteiger partial charge >= 0.3 is 0 Å². The van der Waals surface area contributed by atoms with Gasteiger partial charge in [-0.1, -0.05) is 29.3 Å². The van der Waals surface area contributed by atoms with E-state index in [1.165, 1.54) is 12.1 Å². The van der Waals surface area contributed by atoms with Crippen molar-refractivity contribution in [2.75, 3.05) is 13.2 Å². The van der Waals surface area contributed by atoms with Crippen LogP contribution in [-0.4, -0.2) is 21.6 Å². The van der Waals surface area contributed by atoms with Gasteiger partial charge in [0.25, 0.3) is 0 Å². The minimum Gasteiger partial charge on any atom is -0.492 e. The van der Waals surface area contributed by atoms with Gasteiger partial charge in [0.2, 0.25) is 10.0 Å². The molecule has 0 unspecified atom stereocenters. The molecule has 0 aliphatic heterocycles. The topological polar surface area (TPSA) is 55.4 Å². The second kappa shape index (κ2) is 7.33. The van der Waals surface area contributed by atoms with Gasteiger partial charge in [-0.2, -0.15) is 0 Å². The molecule has 2 aromatic carbocycles. The third-order valence-electron chi connectivity index (χ3n) is 2.90. The minimum atomic E-state index is -3.59. The Labute approximate surface area is 140 Å². The van der Waals surface area contributed by atoms with Gasteiger partial charge in [-0.25, -0.2) is 13.1 Å². The van der Waals surface area contributed by atoms with E-state index < -0.39 is 10.0 Å². The quantitative estimate of drug-likeness (QED) is 0.800. The lowest BCUT2D eigenvalue weighted by Crippen LogP contribution is -2.28. The van der Waals surface area contributed by atoms with Gasteiger partial charge < -0.3 is 4.74 Å². The third-order valence-corrected chi connectivity index (χ3v) is 4.82. The lowest BCUT2D eigenvalue weighted by molar-refractivity contribution is 0.320. The van der Waals surface area contributed by atoms with Crippen LogP contribution in [-0.2, 0) is 10.0 Å². The highest BCUT2D eigenvalue weighted by Crippen LogP contribution is 2.21. The maximum Gasteiger partial charge on any atom is 0.240 e. The van der Waals surface area contributed by atoms with Crippen LogP contribution in [0.3, 0.4) is 0 Å². The Balaban J connectivity index is 1.90. The highest BCUT2D eigenvalue weighted by molar-refractivity contribution is 7.89. The monoisotopic (exact) mass is 359 g/mol. The van der Waals surface area contributed by atoms with E-state index in [1.54, 1.807) is 30.3 Å². The molecule has 22 heavy (non-hydrogen) atoms. The number of ether oxygens (including phenoxy) is 1. The summed E-state index contributed by atoms with van der Waals surface area (Å²) in [5.41, 5.74) is 0.894. The fourth-order valence-electron chi connectivity index (χ4n) is 1.83. The lowest BCUT2D eigenvalue weighted by Gasteiger charge is -2.10. The van der Waals surface area contributed by atoms with Crippen LogP contribution in [0.2, 0.25) is 10.0 Å². The van der Waals surface area contributed by atoms with Gasteiger partial charge in [0.15, 0.2) is 0 Å². The molecule has 0 bridgehead atoms. The molecule has 4 nitrogen and oxygen atoms in total. The largest absolute Gasteiger partial charge is 0.492 e. The number of nitrogens with one attached hydrogen (secondary N) is 1. The summed E-state index contributed by atoms with van der Waals surface area (Å²) in [5, 5.41) is 1.00. The summed E-state index contributed by atoms with van der Waals surface area (Å²) >= 11 is 11.7. The van der Waals surface area contributed by atoms with Crippen molar-refractivity contribution in [2.45, 2.75) is 11.8 Å². The average Bonchev–Trinajstić information content (AvgIpc) is 2.45. The number of benzene rings is 2. The van der Waals surface area contributed by atoms with E-state index in [2.05, 4.69) is 4.72 Å². The number of aryl methyl sites for hydroxylation is 1. The van der Waals surface area contributed by atoms with Gasteiger partial charge in [0.05, 0.1) is 4.90 Å². The standard InChI is InChI=1S/C15H15Cl2NO3S/c1-11-9-13(17)5-6-15(11)21-8-7-18-22(19,20)14-4-2-3-12(16)10-14/h2-6,9-10,18H,7-8H2,1H3. The van der Waals surface area contributed by atoms with Crippen LogP contribution in [0.5, 0.6) is 5.75 Å². The molecule has 0 aliphatic rings. The SMILES string of the molecule is Cc1cc(Cl)ccc1OCCNS(=O)(=O)c1cccc(Cl)c1. The van der Waals surface area contributed by atoms with E-state index in [0.717, 1.165) is 5.56 Å². The maximum atomic E-state index is 12.1. The number of sulfonamides is 1. The van der Waals surface area contributed by atoms with Gasteiger partial charge in [0, 0.05) is 16.6 Å². The molecule has 1 N–H and O–H groups in total. The summed E-state index contributed by atoms with van der Waals surface area (Å²) in [6.45, 7) is 2.23. The van der Waals surface area contributed by atoms with E-state index in [-0.39, 0.29) is 18.0 Å². The van der Waals surface area contributed by atoms with Crippen molar-refractivity contribution in [3.8, 4) is 5.75 Å². The molecule has 0 aromatic heterocycles. The van der Waals surface area contributed by atoms with Crippen LogP contribution < -0.4 is 9.46 Å². The molecule has 0 amide bonds. The second-order valence-electron chi connectivity index (χ2n) is 4.61. The Morgan fingerprint density at radius 3 is 2.50 bits per heavy atom. The molecular formula is C15H15Cl2NO3S. The molecule has 0 atom stereocenters. The summed E-state index contributed by atoms with van der Waals surface area (Å²) in [6, 6.07) is 11.3. The predicted molar refractivity (Wildman–Crippen MR) is 88.3 cm³/mol. The first-order chi connectivity index (χ1) is 10.4. The Morgan fingerprint density at radius 2 is 1.82 bits per heavy atom. The third kappa shape index (κ3) is 4.61. The van der Waals surface area contributed by atoms with Crippen molar-refractivity contribution >= 4 is 33.2 Å². The molecule has 118 valence electrons. The lowest BCUT2D eigenvalue weighted by atomic mass is 10.2. The van der Waals surface area contributed by atoms with E-state index in [4.69, 9.17) is 27.9 Å². The molecular weight excluding hydrogens is 345 g/mol. The Morgan fingerprint density at radius 1 is 1.09 bits per heavy atom. The molecule has 0 aliphatic carbocycles. The van der Waals surface area contributed by atoms with Gasteiger partial charge in [0.1, 0.15) is 12.4 Å². The summed E-state index contributed by atoms with van der Waals surface area (Å²) in [5.74, 6) is 0.673. The van der Waals surface area contributed by atoms with Crippen LogP contribution >= 0.6 is 23.2 Å². The van der Waals surface area contributed by atoms with Crippen molar-refractivity contribution in [2.24, 2.45) is 0 Å². The van der Waals surface area contributed by atoms with Crippen molar-refractivity contribution in [1.29, 1.82) is 0 Å². The molecule has 7 heteroatoms. The van der Waals surface area contributed by atoms with Gasteiger partial charge in [-0.3, -0.25) is 0 Å². The van der Waals surface area contributed by atoms with Crippen molar-refractivity contribution < 1.29 is 13.2 Å². The average molecular weight is 360 g/mol. The first-order valence-corrected chi connectivity index (χ1v) is 8.76. The minimum absolute atomic E-state index is 0.127. The normalized spacial score (nSPS) is 11.4. The molecule has 0 spiro atoms. The number of hydrogen-bond acceptors (Lipinski definition) is 3. The fraction of sp³-hybridized carbons (Fsp3) is 0.200. The Bertz CT molecular complexity index is 763. The first kappa shape index (κ1) is 17.1. The predicted octanol–water partition coefficient (Wildman–Crippen LogP) is 3.66. The second-order valence-corrected chi connectivity index (χ2v) is 7.25. The van der Waals surface area contributed by atoms with E-state index in [1.807, 2.05) is 6.92 Å². The zero-order valence-electron chi connectivity index (χ0n) is 11.8. The van der Waals surface area contributed by atoms with Crippen molar-refractivity contribution in [3.05, 3.63) is 58.1 Å². The molecule has 2 rings (SSSR count). The number of hydrogen-bond donors (Lipinski definition) is 1. The van der Waals surface area contributed by atoms with Gasteiger partial charge in [-0.05, 0) is 48.9 Å². The highest BCUT2D eigenvalue weighted by Gasteiger charge is 2.13. The van der Waals surface area contributed by atoms with Crippen molar-refractivity contribution in [3.63, 3.8) is 0 Å². The van der Waals surface area contributed by atoms with Crippen LogP contribution in [0.4, 0.5) is 0 Å². The molecule has 0 fully saturated rings. The van der Waals surface area contributed by atoms with Gasteiger partial charge in [-0.15, -0.1) is 0 Å². The summed E-state index contributed by atoms with van der Waals surface area (Å²) in [6.07, 6.45) is 0. The van der Waals surface area contributed by atoms with Crippen LogP contribution in [0.15, 0.2) is 47.4 Å². The van der Waals surface area contributed by atoms with E-state index in [0.29, 0.717) is 15.8 Å². The number of halogens is 2. The Kier molecular flexibility index (Phi) is 5.69. The zero-order chi connectivity index (χ0) is 16.2. The van der Waals surface area contributed by atoms with Crippen molar-refractivity contribution in [1.82, 2.24) is 4.72 Å². The number of rotatable bonds is 6. The first-order valence-electron chi connectivity index (χ1n) is 6.53. The molecule has 0 heterocycles. The Hall–Kier alpha value is -1.27. The molecule has 0 saturated carbocycles. The highest BCUT2D eigenvalue weighted by atomic mass is 35.5. The summed E-state index contributed by atoms with van der Waals surface area (Å²) < 4.78 is 32.1. The van der Waals surface area contributed by atoms with Crippen LogP contribution in [0.1, 0.15) is 5.56 Å². The molecule has 0 radical (unpaired) electrons. The zero-order valence-corrected chi connectivity index (χ0v) is 14.2. The van der Waals surface area contributed by atoms with Crippen LogP contribution in [0.25, 0.3) is 0 Å². The molecule has 2 aromatic rings. The van der Waals surface area contributed by atoms with E-state index in [9.17, 15) is 8.42 Å². The van der Waals surface area contributed by atoms with Crippen LogP contribution in [0, 0.1) is 6.92 Å². The summed E-state index contributed by atoms with van der Waals surface area (Å²) in [7, 11) is -3.59. The smallest absolute Gasteiger partial charge is 0.240 e. The molecule has 0 saturated heterocycles. The maximum absolute atomic E-state index is 12.1. The summed E-state index contributed by atoms with van der Waals surface area (Å²) in [4.78, 5) is 0.127. The van der Waals surface area contributed by atoms with E-state index >= 15 is 0 Å².